The third-order valence-electron chi connectivity index (χ3n) is 4.74. The van der Waals surface area contributed by atoms with Gasteiger partial charge in [0.2, 0.25) is 0 Å². The average molecular weight is 382 g/mol. The first-order chi connectivity index (χ1) is 13.6. The summed E-state index contributed by atoms with van der Waals surface area (Å²) >= 11 is 0. The Morgan fingerprint density at radius 3 is 2.96 bits per heavy atom. The van der Waals surface area contributed by atoms with Crippen LogP contribution in [0, 0.1) is 5.82 Å². The fourth-order valence-electron chi connectivity index (χ4n) is 3.38. The first-order valence-corrected chi connectivity index (χ1v) is 8.62. The van der Waals surface area contributed by atoms with Crippen molar-refractivity contribution in [2.24, 2.45) is 5.11 Å². The summed E-state index contributed by atoms with van der Waals surface area (Å²) in [6, 6.07) is 5.86. The molecule has 142 valence electrons. The minimum absolute atomic E-state index is 0.00977. The summed E-state index contributed by atoms with van der Waals surface area (Å²) in [6.45, 7) is 0.503. The normalized spacial score (nSPS) is 18.5. The number of pyridine rings is 1. The van der Waals surface area contributed by atoms with Crippen molar-refractivity contribution in [3.8, 4) is 0 Å². The molecule has 28 heavy (non-hydrogen) atoms. The highest BCUT2D eigenvalue weighted by Crippen LogP contribution is 2.30. The van der Waals surface area contributed by atoms with Crippen LogP contribution in [0.15, 0.2) is 41.8 Å². The Kier molecular flexibility index (Phi) is 4.54. The van der Waals surface area contributed by atoms with Gasteiger partial charge in [-0.25, -0.2) is 9.18 Å². The van der Waals surface area contributed by atoms with Gasteiger partial charge in [-0.3, -0.25) is 14.7 Å². The molecular formula is C18H15FN6O3. The SMILES string of the molecule is [N-]=[N+]=NC[C@H]1CN(c2ccc(N3CCc4cnccc4C3=O)c(F)c2)C(=O)O1. The molecule has 9 nitrogen and oxygen atoms in total. The number of aromatic nitrogens is 1. The van der Waals surface area contributed by atoms with Crippen LogP contribution >= 0.6 is 0 Å². The number of fused-ring (bicyclic) bond motifs is 1. The summed E-state index contributed by atoms with van der Waals surface area (Å²) in [5, 5.41) is 3.39. The zero-order valence-electron chi connectivity index (χ0n) is 14.7. The van der Waals surface area contributed by atoms with Crippen molar-refractivity contribution in [3.05, 3.63) is 64.0 Å². The molecule has 2 aliphatic rings. The molecule has 2 aromatic rings. The number of carbonyl (C=O) groups excluding carboxylic acids is 2. The molecule has 0 spiro atoms. The molecule has 1 aromatic carbocycles. The fraction of sp³-hybridized carbons (Fsp3) is 0.278. The number of hydrogen-bond acceptors (Lipinski definition) is 5. The third-order valence-corrected chi connectivity index (χ3v) is 4.74. The van der Waals surface area contributed by atoms with Crippen molar-refractivity contribution in [1.82, 2.24) is 4.98 Å². The minimum Gasteiger partial charge on any atom is -0.444 e. The van der Waals surface area contributed by atoms with Gasteiger partial charge in [0.15, 0.2) is 0 Å². The van der Waals surface area contributed by atoms with Crippen LogP contribution in [0.5, 0.6) is 0 Å². The Labute approximate surface area is 159 Å². The zero-order valence-corrected chi connectivity index (χ0v) is 14.7. The summed E-state index contributed by atoms with van der Waals surface area (Å²) in [5.74, 6) is -0.903. The Morgan fingerprint density at radius 1 is 1.32 bits per heavy atom. The van der Waals surface area contributed by atoms with E-state index in [-0.39, 0.29) is 24.7 Å². The van der Waals surface area contributed by atoms with Gasteiger partial charge in [0.25, 0.3) is 5.91 Å². The van der Waals surface area contributed by atoms with Crippen LogP contribution in [0.25, 0.3) is 10.4 Å². The lowest BCUT2D eigenvalue weighted by Gasteiger charge is -2.29. The highest BCUT2D eigenvalue weighted by Gasteiger charge is 2.33. The van der Waals surface area contributed by atoms with E-state index in [1.807, 2.05) is 0 Å². The van der Waals surface area contributed by atoms with Gasteiger partial charge in [-0.15, -0.1) is 0 Å². The molecule has 10 heteroatoms. The second kappa shape index (κ2) is 7.16. The maximum atomic E-state index is 14.8. The van der Waals surface area contributed by atoms with Crippen LogP contribution < -0.4 is 9.80 Å². The number of anilines is 2. The van der Waals surface area contributed by atoms with E-state index >= 15 is 0 Å². The molecule has 2 amide bonds. The van der Waals surface area contributed by atoms with Gasteiger partial charge >= 0.3 is 6.09 Å². The van der Waals surface area contributed by atoms with Gasteiger partial charge in [-0.1, -0.05) is 5.11 Å². The second-order valence-corrected chi connectivity index (χ2v) is 6.41. The molecule has 1 aromatic heterocycles. The number of amides is 2. The lowest BCUT2D eigenvalue weighted by molar-refractivity contribution is 0.0979. The van der Waals surface area contributed by atoms with Crippen molar-refractivity contribution in [2.75, 3.05) is 29.4 Å². The molecule has 0 radical (unpaired) electrons. The summed E-state index contributed by atoms with van der Waals surface area (Å²) in [5.41, 5.74) is 10.2. The van der Waals surface area contributed by atoms with E-state index in [1.165, 1.54) is 28.1 Å². The minimum atomic E-state index is -0.638. The maximum Gasteiger partial charge on any atom is 0.414 e. The zero-order chi connectivity index (χ0) is 19.7. The molecule has 0 bridgehead atoms. The van der Waals surface area contributed by atoms with E-state index < -0.39 is 18.0 Å². The van der Waals surface area contributed by atoms with E-state index in [0.717, 1.165) is 5.56 Å². The number of halogens is 1. The summed E-state index contributed by atoms with van der Waals surface area (Å²) in [4.78, 5) is 34.0. The van der Waals surface area contributed by atoms with Gasteiger partial charge < -0.3 is 9.64 Å². The van der Waals surface area contributed by atoms with Gasteiger partial charge in [-0.05, 0) is 41.8 Å². The first-order valence-electron chi connectivity index (χ1n) is 8.62. The standard InChI is InChI=1S/C18H15FN6O3/c19-15-7-12(25-10-13(9-22-23-20)28-18(25)27)1-2-16(15)24-6-4-11-8-21-5-3-14(11)17(24)26/h1-3,5,7-8,13H,4,6,9-10H2/t13-/m0/s1. The fourth-order valence-corrected chi connectivity index (χ4v) is 3.38. The van der Waals surface area contributed by atoms with E-state index in [2.05, 4.69) is 15.0 Å². The molecule has 1 atom stereocenters. The van der Waals surface area contributed by atoms with Crippen molar-refractivity contribution in [3.63, 3.8) is 0 Å². The quantitative estimate of drug-likeness (QED) is 0.459. The van der Waals surface area contributed by atoms with Crippen LogP contribution in [0.2, 0.25) is 0 Å². The van der Waals surface area contributed by atoms with E-state index in [1.54, 1.807) is 18.3 Å². The monoisotopic (exact) mass is 382 g/mol. The number of carbonyl (C=O) groups is 2. The Morgan fingerprint density at radius 2 is 2.18 bits per heavy atom. The number of hydrogen-bond donors (Lipinski definition) is 0. The number of ether oxygens (including phenoxy) is 1. The Bertz CT molecular complexity index is 1010. The van der Waals surface area contributed by atoms with Crippen LogP contribution in [0.3, 0.4) is 0 Å². The maximum absolute atomic E-state index is 14.8. The van der Waals surface area contributed by atoms with Crippen LogP contribution in [0.4, 0.5) is 20.6 Å². The smallest absolute Gasteiger partial charge is 0.414 e. The Balaban J connectivity index is 1.57. The topological polar surface area (TPSA) is 112 Å². The highest BCUT2D eigenvalue weighted by atomic mass is 19.1. The molecule has 0 unspecified atom stereocenters. The predicted octanol–water partition coefficient (Wildman–Crippen LogP) is 3.06. The van der Waals surface area contributed by atoms with Crippen molar-refractivity contribution >= 4 is 23.4 Å². The van der Waals surface area contributed by atoms with E-state index in [4.69, 9.17) is 10.3 Å². The van der Waals surface area contributed by atoms with E-state index in [0.29, 0.717) is 24.2 Å². The van der Waals surface area contributed by atoms with Gasteiger partial charge in [0.1, 0.15) is 11.9 Å². The van der Waals surface area contributed by atoms with E-state index in [9.17, 15) is 14.0 Å². The van der Waals surface area contributed by atoms with Crippen molar-refractivity contribution in [2.45, 2.75) is 12.5 Å². The Hall–Kier alpha value is -3.65. The van der Waals surface area contributed by atoms with Crippen LogP contribution in [-0.2, 0) is 11.2 Å². The lowest BCUT2D eigenvalue weighted by Crippen LogP contribution is -2.38. The number of azide groups is 1. The third kappa shape index (κ3) is 3.10. The van der Waals surface area contributed by atoms with Crippen molar-refractivity contribution < 1.29 is 18.7 Å². The lowest BCUT2D eigenvalue weighted by atomic mass is 10.0. The van der Waals surface area contributed by atoms with Gasteiger partial charge in [0, 0.05) is 29.4 Å². The summed E-state index contributed by atoms with van der Waals surface area (Å²) in [6.07, 6.45) is 2.54. The number of rotatable bonds is 4. The first kappa shape index (κ1) is 17.7. The predicted molar refractivity (Wildman–Crippen MR) is 97.6 cm³/mol. The van der Waals surface area contributed by atoms with Gasteiger partial charge in [0.05, 0.1) is 24.5 Å². The molecule has 0 saturated carbocycles. The highest BCUT2D eigenvalue weighted by molar-refractivity contribution is 6.08. The number of nitrogens with zero attached hydrogens (tertiary/aromatic N) is 6. The van der Waals surface area contributed by atoms with Gasteiger partial charge in [-0.2, -0.15) is 0 Å². The molecule has 0 aliphatic carbocycles. The largest absolute Gasteiger partial charge is 0.444 e. The van der Waals surface area contributed by atoms with Crippen LogP contribution in [0.1, 0.15) is 15.9 Å². The average Bonchev–Trinajstić information content (AvgIpc) is 3.08. The van der Waals surface area contributed by atoms with Crippen molar-refractivity contribution in [1.29, 1.82) is 0 Å². The molecule has 4 rings (SSSR count). The second-order valence-electron chi connectivity index (χ2n) is 6.41. The summed E-state index contributed by atoms with van der Waals surface area (Å²) in [7, 11) is 0. The summed E-state index contributed by atoms with van der Waals surface area (Å²) < 4.78 is 19.9. The molecule has 0 N–H and O–H groups in total. The number of benzene rings is 1. The molecule has 3 heterocycles. The number of cyclic esters (lactones) is 1. The van der Waals surface area contributed by atoms with Crippen LogP contribution in [-0.4, -0.2) is 42.7 Å². The molecule has 1 fully saturated rings. The molecular weight excluding hydrogens is 367 g/mol. The molecule has 2 aliphatic heterocycles. The molecule has 1 saturated heterocycles.